The van der Waals surface area contributed by atoms with Crippen molar-refractivity contribution in [1.82, 2.24) is 10.2 Å². The Morgan fingerprint density at radius 2 is 2.00 bits per heavy atom. The van der Waals surface area contributed by atoms with Gasteiger partial charge in [0.15, 0.2) is 0 Å². The number of hydrogen-bond donors (Lipinski definition) is 1. The van der Waals surface area contributed by atoms with Gasteiger partial charge in [-0.05, 0) is 18.4 Å². The van der Waals surface area contributed by atoms with Gasteiger partial charge in [0.05, 0.1) is 12.1 Å². The normalized spacial score (nSPS) is 19.6. The molecule has 1 aliphatic heterocycles. The Labute approximate surface area is 122 Å². The second-order valence-electron chi connectivity index (χ2n) is 5.64. The van der Waals surface area contributed by atoms with Crippen LogP contribution in [0.25, 0.3) is 0 Å². The first kappa shape index (κ1) is 15.8. The molecule has 1 aromatic carbocycles. The SMILES string of the molecule is CC(C)CCN1C(=O)CNC1c1ccccc1C(F)(F)F. The average molecular weight is 300 g/mol. The predicted molar refractivity (Wildman–Crippen MR) is 73.4 cm³/mol. The van der Waals surface area contributed by atoms with Crippen molar-refractivity contribution < 1.29 is 18.0 Å². The molecule has 1 atom stereocenters. The highest BCUT2D eigenvalue weighted by Crippen LogP contribution is 2.36. The minimum Gasteiger partial charge on any atom is -0.322 e. The maximum atomic E-state index is 13.1. The van der Waals surface area contributed by atoms with Crippen LogP contribution in [0.1, 0.15) is 37.6 Å². The number of hydrogen-bond acceptors (Lipinski definition) is 2. The molecular weight excluding hydrogens is 281 g/mol. The van der Waals surface area contributed by atoms with Gasteiger partial charge in [0, 0.05) is 12.1 Å². The molecule has 6 heteroatoms. The minimum atomic E-state index is -4.42. The molecule has 1 saturated heterocycles. The lowest BCUT2D eigenvalue weighted by Crippen LogP contribution is -2.33. The smallest absolute Gasteiger partial charge is 0.322 e. The lowest BCUT2D eigenvalue weighted by molar-refractivity contribution is -0.139. The second kappa shape index (κ2) is 6.05. The highest BCUT2D eigenvalue weighted by atomic mass is 19.4. The molecule has 0 spiro atoms. The first-order valence-corrected chi connectivity index (χ1v) is 6.99. The maximum absolute atomic E-state index is 13.1. The lowest BCUT2D eigenvalue weighted by Gasteiger charge is -2.27. The third-order valence-electron chi connectivity index (χ3n) is 3.59. The van der Waals surface area contributed by atoms with Crippen molar-refractivity contribution in [2.75, 3.05) is 13.1 Å². The van der Waals surface area contributed by atoms with Crippen LogP contribution in [0.3, 0.4) is 0 Å². The third kappa shape index (κ3) is 3.56. The molecule has 0 aromatic heterocycles. The highest BCUT2D eigenvalue weighted by molar-refractivity contribution is 5.81. The molecular formula is C15H19F3N2O. The first-order valence-electron chi connectivity index (χ1n) is 6.99. The van der Waals surface area contributed by atoms with E-state index in [4.69, 9.17) is 0 Å². The van der Waals surface area contributed by atoms with Crippen LogP contribution < -0.4 is 5.32 Å². The van der Waals surface area contributed by atoms with E-state index in [-0.39, 0.29) is 18.0 Å². The number of rotatable bonds is 4. The van der Waals surface area contributed by atoms with E-state index in [0.29, 0.717) is 12.5 Å². The largest absolute Gasteiger partial charge is 0.416 e. The molecule has 1 unspecified atom stereocenters. The van der Waals surface area contributed by atoms with Crippen LogP contribution >= 0.6 is 0 Å². The van der Waals surface area contributed by atoms with E-state index < -0.39 is 17.9 Å². The molecule has 1 N–H and O–H groups in total. The quantitative estimate of drug-likeness (QED) is 0.926. The third-order valence-corrected chi connectivity index (χ3v) is 3.59. The van der Waals surface area contributed by atoms with Crippen LogP contribution in [-0.4, -0.2) is 23.9 Å². The molecule has 1 fully saturated rings. The summed E-state index contributed by atoms with van der Waals surface area (Å²) in [5, 5.41) is 2.89. The van der Waals surface area contributed by atoms with Gasteiger partial charge in [0.1, 0.15) is 6.17 Å². The van der Waals surface area contributed by atoms with Gasteiger partial charge in [0.25, 0.3) is 0 Å². The Kier molecular flexibility index (Phi) is 4.56. The van der Waals surface area contributed by atoms with E-state index in [1.807, 2.05) is 13.8 Å². The van der Waals surface area contributed by atoms with Crippen molar-refractivity contribution in [3.8, 4) is 0 Å². The fourth-order valence-corrected chi connectivity index (χ4v) is 2.46. The van der Waals surface area contributed by atoms with Gasteiger partial charge in [-0.1, -0.05) is 32.0 Å². The molecule has 21 heavy (non-hydrogen) atoms. The molecule has 1 aromatic rings. The number of benzene rings is 1. The van der Waals surface area contributed by atoms with Crippen molar-refractivity contribution in [2.45, 2.75) is 32.6 Å². The summed E-state index contributed by atoms with van der Waals surface area (Å²) in [6, 6.07) is 5.42. The Bertz CT molecular complexity index is 514. The van der Waals surface area contributed by atoms with Gasteiger partial charge in [-0.15, -0.1) is 0 Å². The average Bonchev–Trinajstić information content (AvgIpc) is 2.76. The van der Waals surface area contributed by atoms with Crippen LogP contribution in [0.15, 0.2) is 24.3 Å². The van der Waals surface area contributed by atoms with Crippen molar-refractivity contribution in [3.63, 3.8) is 0 Å². The zero-order valence-electron chi connectivity index (χ0n) is 12.1. The summed E-state index contributed by atoms with van der Waals surface area (Å²) in [6.45, 7) is 4.58. The van der Waals surface area contributed by atoms with Crippen LogP contribution in [-0.2, 0) is 11.0 Å². The summed E-state index contributed by atoms with van der Waals surface area (Å²) in [7, 11) is 0. The van der Waals surface area contributed by atoms with E-state index in [1.165, 1.54) is 17.0 Å². The zero-order chi connectivity index (χ0) is 15.6. The minimum absolute atomic E-state index is 0.0783. The molecule has 1 heterocycles. The molecule has 0 radical (unpaired) electrons. The Balaban J connectivity index is 2.30. The van der Waals surface area contributed by atoms with Crippen molar-refractivity contribution in [3.05, 3.63) is 35.4 Å². The van der Waals surface area contributed by atoms with Crippen LogP contribution in [0.5, 0.6) is 0 Å². The number of nitrogens with one attached hydrogen (secondary N) is 1. The standard InChI is InChI=1S/C15H19F3N2O/c1-10(2)7-8-20-13(21)9-19-14(20)11-5-3-4-6-12(11)15(16,17)18/h3-6,10,14,19H,7-9H2,1-2H3. The molecule has 1 aliphatic rings. The Hall–Kier alpha value is -1.56. The number of nitrogens with zero attached hydrogens (tertiary/aromatic N) is 1. The van der Waals surface area contributed by atoms with Crippen molar-refractivity contribution in [1.29, 1.82) is 0 Å². The first-order chi connectivity index (χ1) is 9.80. The van der Waals surface area contributed by atoms with E-state index in [2.05, 4.69) is 5.32 Å². The topological polar surface area (TPSA) is 32.3 Å². The van der Waals surface area contributed by atoms with Gasteiger partial charge in [-0.2, -0.15) is 13.2 Å². The van der Waals surface area contributed by atoms with Crippen molar-refractivity contribution in [2.24, 2.45) is 5.92 Å². The maximum Gasteiger partial charge on any atom is 0.416 e. The number of carbonyl (C=O) groups excluding carboxylic acids is 1. The molecule has 116 valence electrons. The van der Waals surface area contributed by atoms with Crippen molar-refractivity contribution >= 4 is 5.91 Å². The number of alkyl halides is 3. The molecule has 0 saturated carbocycles. The van der Waals surface area contributed by atoms with Crippen LogP contribution in [0.4, 0.5) is 13.2 Å². The van der Waals surface area contributed by atoms with E-state index in [9.17, 15) is 18.0 Å². The van der Waals surface area contributed by atoms with Gasteiger partial charge < -0.3 is 4.90 Å². The van der Waals surface area contributed by atoms with E-state index >= 15 is 0 Å². The number of halogens is 3. The van der Waals surface area contributed by atoms with Gasteiger partial charge >= 0.3 is 6.18 Å². The fourth-order valence-electron chi connectivity index (χ4n) is 2.46. The van der Waals surface area contributed by atoms with E-state index in [0.717, 1.165) is 12.5 Å². The molecule has 2 rings (SSSR count). The van der Waals surface area contributed by atoms with Gasteiger partial charge in [-0.25, -0.2) is 0 Å². The molecule has 0 aliphatic carbocycles. The second-order valence-corrected chi connectivity index (χ2v) is 5.64. The highest BCUT2D eigenvalue weighted by Gasteiger charge is 2.39. The number of carbonyl (C=O) groups is 1. The summed E-state index contributed by atoms with van der Waals surface area (Å²) in [5.41, 5.74) is -0.577. The summed E-state index contributed by atoms with van der Waals surface area (Å²) in [5.74, 6) is 0.231. The predicted octanol–water partition coefficient (Wildman–Crippen LogP) is 3.18. The van der Waals surface area contributed by atoms with Crippen LogP contribution in [0, 0.1) is 5.92 Å². The fraction of sp³-hybridized carbons (Fsp3) is 0.533. The Morgan fingerprint density at radius 1 is 1.33 bits per heavy atom. The molecule has 3 nitrogen and oxygen atoms in total. The zero-order valence-corrected chi connectivity index (χ0v) is 12.1. The van der Waals surface area contributed by atoms with Gasteiger partial charge in [-0.3, -0.25) is 10.1 Å². The summed E-state index contributed by atoms with van der Waals surface area (Å²) in [4.78, 5) is 13.4. The van der Waals surface area contributed by atoms with E-state index in [1.54, 1.807) is 6.07 Å². The molecule has 1 amide bonds. The van der Waals surface area contributed by atoms with Gasteiger partial charge in [0.2, 0.25) is 5.91 Å². The monoisotopic (exact) mass is 300 g/mol. The molecule has 0 bridgehead atoms. The summed E-state index contributed by atoms with van der Waals surface area (Å²) >= 11 is 0. The summed E-state index contributed by atoms with van der Waals surface area (Å²) < 4.78 is 39.3. The summed E-state index contributed by atoms with van der Waals surface area (Å²) in [6.07, 6.45) is -4.36. The Morgan fingerprint density at radius 3 is 2.62 bits per heavy atom. The van der Waals surface area contributed by atoms with Crippen LogP contribution in [0.2, 0.25) is 0 Å². The number of amides is 1. The lowest BCUT2D eigenvalue weighted by atomic mass is 10.0.